The van der Waals surface area contributed by atoms with Gasteiger partial charge in [0.15, 0.2) is 0 Å². The fourth-order valence-electron chi connectivity index (χ4n) is 1.86. The van der Waals surface area contributed by atoms with E-state index in [-0.39, 0.29) is 11.9 Å². The van der Waals surface area contributed by atoms with Gasteiger partial charge in [-0.2, -0.15) is 0 Å². The van der Waals surface area contributed by atoms with Crippen LogP contribution in [0.2, 0.25) is 5.02 Å². The van der Waals surface area contributed by atoms with Gasteiger partial charge >= 0.3 is 0 Å². The molecule has 0 aliphatic rings. The van der Waals surface area contributed by atoms with Crippen LogP contribution in [-0.2, 0) is 0 Å². The number of carbonyl (C=O) groups is 1. The van der Waals surface area contributed by atoms with E-state index in [1.54, 1.807) is 18.2 Å². The molecule has 0 unspecified atom stereocenters. The molecule has 2 aromatic carbocycles. The molecule has 104 valence electrons. The van der Waals surface area contributed by atoms with Crippen LogP contribution in [0.3, 0.4) is 0 Å². The molecule has 0 fully saturated rings. The Hall–Kier alpha value is -1.52. The molecule has 0 saturated carbocycles. The topological polar surface area (TPSA) is 55.1 Å². The van der Waals surface area contributed by atoms with Gasteiger partial charge < -0.3 is 11.1 Å². The number of nitrogens with two attached hydrogens (primary N) is 1. The Labute approximate surface area is 131 Å². The zero-order valence-electron chi connectivity index (χ0n) is 10.9. The number of hydrogen-bond acceptors (Lipinski definition) is 2. The van der Waals surface area contributed by atoms with E-state index in [1.165, 1.54) is 0 Å². The second kappa shape index (κ2) is 6.29. The molecule has 3 N–H and O–H groups in total. The van der Waals surface area contributed by atoms with Gasteiger partial charge in [-0.1, -0.05) is 39.7 Å². The van der Waals surface area contributed by atoms with Crippen LogP contribution in [-0.4, -0.2) is 5.91 Å². The maximum Gasteiger partial charge on any atom is 0.251 e. The van der Waals surface area contributed by atoms with Crippen LogP contribution in [0, 0.1) is 0 Å². The average Bonchev–Trinajstić information content (AvgIpc) is 2.38. The van der Waals surface area contributed by atoms with Gasteiger partial charge in [0.05, 0.1) is 6.04 Å². The van der Waals surface area contributed by atoms with Crippen LogP contribution in [0.15, 0.2) is 46.9 Å². The maximum atomic E-state index is 12.2. The summed E-state index contributed by atoms with van der Waals surface area (Å²) in [5, 5.41) is 3.37. The molecule has 5 heteroatoms. The zero-order chi connectivity index (χ0) is 14.7. The van der Waals surface area contributed by atoms with Gasteiger partial charge in [-0.15, -0.1) is 0 Å². The predicted octanol–water partition coefficient (Wildman–Crippen LogP) is 4.18. The van der Waals surface area contributed by atoms with E-state index in [1.807, 2.05) is 31.2 Å². The number of halogens is 2. The fourth-order valence-corrected chi connectivity index (χ4v) is 2.37. The molecule has 0 spiro atoms. The number of rotatable bonds is 3. The smallest absolute Gasteiger partial charge is 0.251 e. The Morgan fingerprint density at radius 3 is 2.50 bits per heavy atom. The lowest BCUT2D eigenvalue weighted by Gasteiger charge is -2.15. The molecule has 2 aromatic rings. The van der Waals surface area contributed by atoms with Crippen molar-refractivity contribution < 1.29 is 4.79 Å². The van der Waals surface area contributed by atoms with Crippen molar-refractivity contribution in [1.29, 1.82) is 0 Å². The highest BCUT2D eigenvalue weighted by molar-refractivity contribution is 9.10. The van der Waals surface area contributed by atoms with Crippen LogP contribution in [0.1, 0.15) is 28.9 Å². The van der Waals surface area contributed by atoms with Crippen LogP contribution >= 0.6 is 27.5 Å². The second-order valence-corrected chi connectivity index (χ2v) is 5.87. The minimum Gasteiger partial charge on any atom is -0.399 e. The summed E-state index contributed by atoms with van der Waals surface area (Å²) in [6.07, 6.45) is 0. The van der Waals surface area contributed by atoms with Crippen molar-refractivity contribution in [2.45, 2.75) is 13.0 Å². The summed E-state index contributed by atoms with van der Waals surface area (Å²) in [4.78, 5) is 12.2. The molecule has 3 nitrogen and oxygen atoms in total. The monoisotopic (exact) mass is 352 g/mol. The first-order valence-corrected chi connectivity index (χ1v) is 7.25. The number of hydrogen-bond donors (Lipinski definition) is 2. The van der Waals surface area contributed by atoms with E-state index < -0.39 is 0 Å². The van der Waals surface area contributed by atoms with Crippen molar-refractivity contribution in [2.24, 2.45) is 0 Å². The van der Waals surface area contributed by atoms with Crippen molar-refractivity contribution in [3.8, 4) is 0 Å². The van der Waals surface area contributed by atoms with Crippen molar-refractivity contribution >= 4 is 39.1 Å². The lowest BCUT2D eigenvalue weighted by Crippen LogP contribution is -2.26. The van der Waals surface area contributed by atoms with Gasteiger partial charge in [0.2, 0.25) is 0 Å². The molecule has 1 atom stereocenters. The molecule has 20 heavy (non-hydrogen) atoms. The molecule has 0 aliphatic heterocycles. The number of amides is 1. The van der Waals surface area contributed by atoms with E-state index in [9.17, 15) is 4.79 Å². The van der Waals surface area contributed by atoms with Crippen molar-refractivity contribution in [3.63, 3.8) is 0 Å². The normalized spacial score (nSPS) is 11.9. The van der Waals surface area contributed by atoms with Crippen LogP contribution in [0.5, 0.6) is 0 Å². The molecule has 0 saturated heterocycles. The lowest BCUT2D eigenvalue weighted by molar-refractivity contribution is 0.0940. The van der Waals surface area contributed by atoms with E-state index >= 15 is 0 Å². The van der Waals surface area contributed by atoms with E-state index in [0.29, 0.717) is 16.3 Å². The first-order chi connectivity index (χ1) is 9.45. The maximum absolute atomic E-state index is 12.2. The number of carbonyl (C=O) groups excluding carboxylic acids is 1. The zero-order valence-corrected chi connectivity index (χ0v) is 13.2. The van der Waals surface area contributed by atoms with Crippen molar-refractivity contribution in [3.05, 3.63) is 63.1 Å². The molecule has 0 aliphatic carbocycles. The quantitative estimate of drug-likeness (QED) is 0.813. The van der Waals surface area contributed by atoms with Crippen LogP contribution in [0.25, 0.3) is 0 Å². The van der Waals surface area contributed by atoms with E-state index in [4.69, 9.17) is 17.3 Å². The van der Waals surface area contributed by atoms with Gasteiger partial charge in [-0.3, -0.25) is 4.79 Å². The highest BCUT2D eigenvalue weighted by Crippen LogP contribution is 2.19. The first kappa shape index (κ1) is 14.9. The molecule has 1 amide bonds. The third kappa shape index (κ3) is 3.74. The highest BCUT2D eigenvalue weighted by Gasteiger charge is 2.12. The van der Waals surface area contributed by atoms with Gasteiger partial charge in [0, 0.05) is 20.7 Å². The minimum atomic E-state index is -0.199. The third-order valence-electron chi connectivity index (χ3n) is 2.90. The summed E-state index contributed by atoms with van der Waals surface area (Å²) < 4.78 is 1.00. The van der Waals surface area contributed by atoms with Gasteiger partial charge in [-0.25, -0.2) is 0 Å². The Bertz CT molecular complexity index is 608. The van der Waals surface area contributed by atoms with Crippen molar-refractivity contribution in [2.75, 3.05) is 5.73 Å². The first-order valence-electron chi connectivity index (χ1n) is 6.08. The summed E-state index contributed by atoms with van der Waals surface area (Å²) in [7, 11) is 0. The third-order valence-corrected chi connectivity index (χ3v) is 3.65. The summed E-state index contributed by atoms with van der Waals surface area (Å²) in [6.45, 7) is 1.93. The number of nitrogens with one attached hydrogen (secondary N) is 1. The number of nitrogen functional groups attached to an aromatic ring is 1. The Balaban J connectivity index is 2.12. The summed E-state index contributed by atoms with van der Waals surface area (Å²) in [5.41, 5.74) is 7.64. The second-order valence-electron chi connectivity index (χ2n) is 4.52. The van der Waals surface area contributed by atoms with Crippen LogP contribution < -0.4 is 11.1 Å². The highest BCUT2D eigenvalue weighted by atomic mass is 79.9. The SMILES string of the molecule is C[C@@H](NC(=O)c1cc(N)cc(Cl)c1)c1ccc(Br)cc1. The van der Waals surface area contributed by atoms with Gasteiger partial charge in [0.25, 0.3) is 5.91 Å². The molecular weight excluding hydrogens is 340 g/mol. The van der Waals surface area contributed by atoms with Gasteiger partial charge in [0.1, 0.15) is 0 Å². The Morgan fingerprint density at radius 1 is 1.25 bits per heavy atom. The summed E-state index contributed by atoms with van der Waals surface area (Å²) in [5.74, 6) is -0.199. The Kier molecular flexibility index (Phi) is 4.68. The fraction of sp³-hybridized carbons (Fsp3) is 0.133. The standard InChI is InChI=1S/C15H14BrClN2O/c1-9(10-2-4-12(16)5-3-10)19-15(20)11-6-13(17)8-14(18)7-11/h2-9H,18H2,1H3,(H,19,20)/t9-/m1/s1. The molecule has 0 heterocycles. The largest absolute Gasteiger partial charge is 0.399 e. The van der Waals surface area contributed by atoms with E-state index in [0.717, 1.165) is 10.0 Å². The van der Waals surface area contributed by atoms with Crippen molar-refractivity contribution in [1.82, 2.24) is 5.32 Å². The summed E-state index contributed by atoms with van der Waals surface area (Å²) in [6, 6.07) is 12.5. The lowest BCUT2D eigenvalue weighted by atomic mass is 10.1. The number of benzene rings is 2. The predicted molar refractivity (Wildman–Crippen MR) is 85.9 cm³/mol. The molecule has 2 rings (SSSR count). The molecule has 0 radical (unpaired) electrons. The number of anilines is 1. The van der Waals surface area contributed by atoms with Gasteiger partial charge in [-0.05, 0) is 42.8 Å². The Morgan fingerprint density at radius 2 is 1.90 bits per heavy atom. The molecular formula is C15H14BrClN2O. The van der Waals surface area contributed by atoms with E-state index in [2.05, 4.69) is 21.2 Å². The summed E-state index contributed by atoms with van der Waals surface area (Å²) >= 11 is 9.28. The minimum absolute atomic E-state index is 0.101. The molecule has 0 bridgehead atoms. The van der Waals surface area contributed by atoms with Crippen LogP contribution in [0.4, 0.5) is 5.69 Å². The average molecular weight is 354 g/mol. The molecule has 0 aromatic heterocycles.